The number of anilines is 1. The fourth-order valence-electron chi connectivity index (χ4n) is 3.85. The Bertz CT molecular complexity index is 488. The van der Waals surface area contributed by atoms with Crippen molar-refractivity contribution in [3.05, 3.63) is 11.1 Å². The standard InChI is InChI=1S/C15H22N2O2S/c1-3-19-14(18)13-8-20-15(17-13)16-9(2)12-7-10-4-5-11(12)6-10/h8-12H,3-7H2,1-2H3,(H,16,17). The van der Waals surface area contributed by atoms with Crippen LogP contribution in [0.2, 0.25) is 0 Å². The van der Waals surface area contributed by atoms with Crippen molar-refractivity contribution in [3.63, 3.8) is 0 Å². The van der Waals surface area contributed by atoms with Gasteiger partial charge in [-0.15, -0.1) is 11.3 Å². The zero-order valence-electron chi connectivity index (χ0n) is 12.1. The molecule has 5 heteroatoms. The molecule has 2 saturated carbocycles. The van der Waals surface area contributed by atoms with Crippen molar-refractivity contribution in [2.75, 3.05) is 11.9 Å². The molecule has 2 bridgehead atoms. The highest BCUT2D eigenvalue weighted by atomic mass is 32.1. The Balaban J connectivity index is 1.59. The van der Waals surface area contributed by atoms with Crippen molar-refractivity contribution in [2.45, 2.75) is 45.6 Å². The van der Waals surface area contributed by atoms with E-state index >= 15 is 0 Å². The summed E-state index contributed by atoms with van der Waals surface area (Å²) in [6.07, 6.45) is 5.60. The minimum absolute atomic E-state index is 0.329. The largest absolute Gasteiger partial charge is 0.461 e. The molecule has 2 aliphatic carbocycles. The highest BCUT2D eigenvalue weighted by Gasteiger charge is 2.41. The van der Waals surface area contributed by atoms with E-state index in [-0.39, 0.29) is 5.97 Å². The van der Waals surface area contributed by atoms with Gasteiger partial charge in [-0.2, -0.15) is 0 Å². The van der Waals surface area contributed by atoms with Crippen LogP contribution >= 0.6 is 11.3 Å². The number of nitrogens with one attached hydrogen (secondary N) is 1. The molecule has 4 nitrogen and oxygen atoms in total. The molecule has 0 radical (unpaired) electrons. The number of ether oxygens (including phenoxy) is 1. The molecule has 0 amide bonds. The first-order chi connectivity index (χ1) is 9.67. The Morgan fingerprint density at radius 3 is 3.05 bits per heavy atom. The summed E-state index contributed by atoms with van der Waals surface area (Å²) in [7, 11) is 0. The zero-order valence-corrected chi connectivity index (χ0v) is 12.9. The molecule has 1 aromatic rings. The number of hydrogen-bond donors (Lipinski definition) is 1. The van der Waals surface area contributed by atoms with Crippen LogP contribution in [0.3, 0.4) is 0 Å². The number of nitrogens with zero attached hydrogens (tertiary/aromatic N) is 1. The summed E-state index contributed by atoms with van der Waals surface area (Å²) in [6.45, 7) is 4.44. The monoisotopic (exact) mass is 294 g/mol. The normalized spacial score (nSPS) is 29.4. The van der Waals surface area contributed by atoms with Crippen molar-refractivity contribution in [3.8, 4) is 0 Å². The van der Waals surface area contributed by atoms with Crippen molar-refractivity contribution < 1.29 is 9.53 Å². The van der Waals surface area contributed by atoms with Crippen molar-refractivity contribution in [2.24, 2.45) is 17.8 Å². The molecule has 0 aliphatic heterocycles. The second-order valence-electron chi connectivity index (χ2n) is 6.03. The Morgan fingerprint density at radius 2 is 2.40 bits per heavy atom. The molecule has 4 atom stereocenters. The first-order valence-electron chi connectivity index (χ1n) is 7.56. The fraction of sp³-hybridized carbons (Fsp3) is 0.733. The number of carbonyl (C=O) groups is 1. The smallest absolute Gasteiger partial charge is 0.357 e. The first kappa shape index (κ1) is 13.9. The average Bonchev–Trinajstić information content (AvgIpc) is 3.14. The lowest BCUT2D eigenvalue weighted by Crippen LogP contribution is -2.29. The molecule has 1 heterocycles. The van der Waals surface area contributed by atoms with Crippen LogP contribution in [0.25, 0.3) is 0 Å². The maximum Gasteiger partial charge on any atom is 0.357 e. The summed E-state index contributed by atoms with van der Waals surface area (Å²) in [5.74, 6) is 2.29. The predicted molar refractivity (Wildman–Crippen MR) is 80.1 cm³/mol. The third-order valence-corrected chi connectivity index (χ3v) is 5.55. The van der Waals surface area contributed by atoms with E-state index in [0.717, 1.165) is 22.9 Å². The molecule has 0 saturated heterocycles. The summed E-state index contributed by atoms with van der Waals surface area (Å²) in [5.41, 5.74) is 0.416. The van der Waals surface area contributed by atoms with Crippen molar-refractivity contribution in [1.29, 1.82) is 0 Å². The van der Waals surface area contributed by atoms with Crippen LogP contribution < -0.4 is 5.32 Å². The van der Waals surface area contributed by atoms with Gasteiger partial charge in [0.25, 0.3) is 0 Å². The number of rotatable bonds is 5. The van der Waals surface area contributed by atoms with E-state index in [2.05, 4.69) is 17.2 Å². The molecule has 2 fully saturated rings. The highest BCUT2D eigenvalue weighted by molar-refractivity contribution is 7.13. The molecule has 110 valence electrons. The molecule has 20 heavy (non-hydrogen) atoms. The van der Waals surface area contributed by atoms with Crippen LogP contribution in [0, 0.1) is 17.8 Å². The lowest BCUT2D eigenvalue weighted by molar-refractivity contribution is 0.0520. The van der Waals surface area contributed by atoms with E-state index in [9.17, 15) is 4.79 Å². The van der Waals surface area contributed by atoms with Gasteiger partial charge in [0, 0.05) is 11.4 Å². The lowest BCUT2D eigenvalue weighted by atomic mass is 9.84. The van der Waals surface area contributed by atoms with Crippen LogP contribution in [-0.2, 0) is 4.74 Å². The van der Waals surface area contributed by atoms with Crippen LogP contribution in [-0.4, -0.2) is 23.6 Å². The summed E-state index contributed by atoms with van der Waals surface area (Å²) in [5, 5.41) is 6.09. The second kappa shape index (κ2) is 5.72. The van der Waals surface area contributed by atoms with Crippen molar-refractivity contribution in [1.82, 2.24) is 4.98 Å². The Morgan fingerprint density at radius 1 is 1.55 bits per heavy atom. The third-order valence-electron chi connectivity index (χ3n) is 4.77. The van der Waals surface area contributed by atoms with Crippen LogP contribution in [0.5, 0.6) is 0 Å². The van der Waals surface area contributed by atoms with Crippen LogP contribution in [0.1, 0.15) is 50.0 Å². The van der Waals surface area contributed by atoms with Gasteiger partial charge in [-0.25, -0.2) is 9.78 Å². The third kappa shape index (κ3) is 2.68. The van der Waals surface area contributed by atoms with Gasteiger partial charge in [0.05, 0.1) is 6.61 Å². The molecule has 1 aromatic heterocycles. The van der Waals surface area contributed by atoms with Gasteiger partial charge < -0.3 is 10.1 Å². The molecular weight excluding hydrogens is 272 g/mol. The molecule has 0 spiro atoms. The maximum absolute atomic E-state index is 11.6. The molecule has 1 N–H and O–H groups in total. The number of thiazole rings is 1. The average molecular weight is 294 g/mol. The van der Waals surface area contributed by atoms with E-state index in [1.165, 1.54) is 37.0 Å². The minimum atomic E-state index is -0.329. The van der Waals surface area contributed by atoms with Gasteiger partial charge in [-0.3, -0.25) is 0 Å². The molecule has 3 rings (SSSR count). The molecular formula is C15H22N2O2S. The van der Waals surface area contributed by atoms with Gasteiger partial charge in [0.2, 0.25) is 0 Å². The molecule has 2 aliphatic rings. The number of esters is 1. The first-order valence-corrected chi connectivity index (χ1v) is 8.44. The van der Waals surface area contributed by atoms with E-state index in [1.807, 2.05) is 0 Å². The van der Waals surface area contributed by atoms with Gasteiger partial charge in [0.1, 0.15) is 0 Å². The van der Waals surface area contributed by atoms with E-state index < -0.39 is 0 Å². The molecule has 0 aromatic carbocycles. The molecule has 4 unspecified atom stereocenters. The van der Waals surface area contributed by atoms with Gasteiger partial charge in [-0.05, 0) is 50.9 Å². The Hall–Kier alpha value is -1.10. The summed E-state index contributed by atoms with van der Waals surface area (Å²) < 4.78 is 4.96. The topological polar surface area (TPSA) is 51.2 Å². The fourth-order valence-corrected chi connectivity index (χ4v) is 4.62. The van der Waals surface area contributed by atoms with Crippen molar-refractivity contribution >= 4 is 22.4 Å². The number of carbonyl (C=O) groups excluding carboxylic acids is 1. The van der Waals surface area contributed by atoms with E-state index in [1.54, 1.807) is 12.3 Å². The van der Waals surface area contributed by atoms with E-state index in [4.69, 9.17) is 4.74 Å². The number of fused-ring (bicyclic) bond motifs is 2. The quantitative estimate of drug-likeness (QED) is 0.844. The van der Waals surface area contributed by atoms with Gasteiger partial charge >= 0.3 is 5.97 Å². The highest BCUT2D eigenvalue weighted by Crippen LogP contribution is 2.49. The summed E-state index contributed by atoms with van der Waals surface area (Å²) in [4.78, 5) is 15.9. The van der Waals surface area contributed by atoms with Gasteiger partial charge in [-0.1, -0.05) is 6.42 Å². The predicted octanol–water partition coefficient (Wildman–Crippen LogP) is 3.56. The Labute approximate surface area is 123 Å². The minimum Gasteiger partial charge on any atom is -0.461 e. The summed E-state index contributed by atoms with van der Waals surface area (Å²) in [6, 6.07) is 0.437. The Kier molecular flexibility index (Phi) is 3.96. The van der Waals surface area contributed by atoms with Crippen LogP contribution in [0.4, 0.5) is 5.13 Å². The second-order valence-corrected chi connectivity index (χ2v) is 6.89. The lowest BCUT2D eigenvalue weighted by Gasteiger charge is -2.28. The maximum atomic E-state index is 11.6. The van der Waals surface area contributed by atoms with Gasteiger partial charge in [0.15, 0.2) is 10.8 Å². The SMILES string of the molecule is CCOC(=O)c1csc(NC(C)C2CC3CCC2C3)n1. The van der Waals surface area contributed by atoms with E-state index in [0.29, 0.717) is 18.3 Å². The van der Waals surface area contributed by atoms with Crippen LogP contribution in [0.15, 0.2) is 5.38 Å². The zero-order chi connectivity index (χ0) is 14.1. The number of aromatic nitrogens is 1. The summed E-state index contributed by atoms with van der Waals surface area (Å²) >= 11 is 1.49. The number of hydrogen-bond acceptors (Lipinski definition) is 5.